The van der Waals surface area contributed by atoms with Crippen molar-refractivity contribution in [1.29, 1.82) is 0 Å². The van der Waals surface area contributed by atoms with E-state index in [1.165, 1.54) is 10.9 Å². The molecule has 0 radical (unpaired) electrons. The van der Waals surface area contributed by atoms with Crippen LogP contribution in [0.2, 0.25) is 0 Å². The van der Waals surface area contributed by atoms with E-state index in [2.05, 4.69) is 26.4 Å². The summed E-state index contributed by atoms with van der Waals surface area (Å²) in [6, 6.07) is 5.78. The number of halogens is 2. The predicted molar refractivity (Wildman–Crippen MR) is 162 cm³/mol. The summed E-state index contributed by atoms with van der Waals surface area (Å²) in [7, 11) is 3.20. The van der Waals surface area contributed by atoms with Gasteiger partial charge in [-0.3, -0.25) is 19.1 Å². The molecule has 1 aromatic heterocycles. The minimum atomic E-state index is -2.80. The Morgan fingerprint density at radius 1 is 1.09 bits per heavy atom. The zero-order chi connectivity index (χ0) is 32.1. The van der Waals surface area contributed by atoms with E-state index in [9.17, 15) is 28.0 Å². The molecular formula is C32H41F2N7O4. The Morgan fingerprint density at radius 2 is 1.80 bits per heavy atom. The average Bonchev–Trinajstić information content (AvgIpc) is 3.43. The van der Waals surface area contributed by atoms with Gasteiger partial charge in [0.25, 0.3) is 5.91 Å². The third kappa shape index (κ3) is 5.88. The molecule has 4 aliphatic rings. The number of hydrogen-bond donors (Lipinski definition) is 4. The van der Waals surface area contributed by atoms with Crippen LogP contribution in [0.1, 0.15) is 67.1 Å². The standard InChI is InChI=1S/C32H41F2N7O4/c1-30(33,34)22-7-4-19(5-8-22)25(39-26(42)24-10-13-37-40(24)3)27(43)38-23-9-6-20-15-32(28(44)35-2,16-21(20)14-23)41-18-31(11-12-31)17-36-29(41)45/h6,9-10,13-14,19,22,25H,4-5,7-8,11-12,15-18H2,1-3H3,(H,35,44)(H,36,45)(H,38,43)(H,39,42). The number of anilines is 1. The van der Waals surface area contributed by atoms with Crippen LogP contribution in [-0.2, 0) is 29.5 Å². The SMILES string of the molecule is CNC(=O)C1(N2CC3(CC3)CNC2=O)Cc2ccc(NC(=O)C(NC(=O)c3ccnn3C)C3CCC(C(C)(F)F)CC3)cc2C1. The minimum absolute atomic E-state index is 0.0178. The number of alkyl halides is 2. The van der Waals surface area contributed by atoms with Crippen LogP contribution >= 0.6 is 0 Å². The molecule has 3 aliphatic carbocycles. The maximum Gasteiger partial charge on any atom is 0.318 e. The van der Waals surface area contributed by atoms with Crippen LogP contribution in [0.3, 0.4) is 0 Å². The highest BCUT2D eigenvalue weighted by Crippen LogP contribution is 2.50. The number of benzene rings is 1. The number of nitrogens with one attached hydrogen (secondary N) is 4. The monoisotopic (exact) mass is 625 g/mol. The molecule has 5 amide bonds. The van der Waals surface area contributed by atoms with Crippen LogP contribution in [-0.4, -0.2) is 76.1 Å². The van der Waals surface area contributed by atoms with Gasteiger partial charge in [0.1, 0.15) is 17.3 Å². The van der Waals surface area contributed by atoms with E-state index in [1.54, 1.807) is 31.1 Å². The first-order valence-corrected chi connectivity index (χ1v) is 15.7. The molecule has 1 aromatic carbocycles. The van der Waals surface area contributed by atoms with Gasteiger partial charge in [-0.05, 0) is 80.7 Å². The number of carbonyl (C=O) groups is 4. The highest BCUT2D eigenvalue weighted by molar-refractivity contribution is 6.01. The van der Waals surface area contributed by atoms with E-state index < -0.39 is 35.2 Å². The number of amides is 5. The summed E-state index contributed by atoms with van der Waals surface area (Å²) in [5.74, 6) is -5.05. The molecular weight excluding hydrogens is 584 g/mol. The van der Waals surface area contributed by atoms with Crippen molar-refractivity contribution in [3.8, 4) is 0 Å². The number of hydrogen-bond acceptors (Lipinski definition) is 5. The number of nitrogens with zero attached hydrogens (tertiary/aromatic N) is 3. The Hall–Kier alpha value is -4.03. The second-order valence-corrected chi connectivity index (χ2v) is 13.5. The van der Waals surface area contributed by atoms with Crippen LogP contribution in [0.15, 0.2) is 30.5 Å². The van der Waals surface area contributed by atoms with Crippen molar-refractivity contribution in [1.82, 2.24) is 30.6 Å². The lowest BCUT2D eigenvalue weighted by molar-refractivity contribution is -0.131. The van der Waals surface area contributed by atoms with Gasteiger partial charge in [-0.15, -0.1) is 0 Å². The Balaban J connectivity index is 1.21. The molecule has 45 heavy (non-hydrogen) atoms. The lowest BCUT2D eigenvalue weighted by Crippen LogP contribution is -2.67. The Morgan fingerprint density at radius 3 is 2.42 bits per heavy atom. The van der Waals surface area contributed by atoms with E-state index in [0.29, 0.717) is 44.5 Å². The average molecular weight is 626 g/mol. The van der Waals surface area contributed by atoms with Gasteiger partial charge in [-0.2, -0.15) is 5.10 Å². The molecule has 13 heteroatoms. The second kappa shape index (κ2) is 11.4. The Kier molecular flexibility index (Phi) is 7.85. The van der Waals surface area contributed by atoms with E-state index in [1.807, 2.05) is 12.1 Å². The summed E-state index contributed by atoms with van der Waals surface area (Å²) >= 11 is 0. The van der Waals surface area contributed by atoms with Gasteiger partial charge in [-0.1, -0.05) is 6.07 Å². The summed E-state index contributed by atoms with van der Waals surface area (Å²) in [5.41, 5.74) is 1.46. The topological polar surface area (TPSA) is 137 Å². The summed E-state index contributed by atoms with van der Waals surface area (Å²) < 4.78 is 29.5. The van der Waals surface area contributed by atoms with Gasteiger partial charge in [0, 0.05) is 63.2 Å². The van der Waals surface area contributed by atoms with Crippen LogP contribution in [0.4, 0.5) is 19.3 Å². The molecule has 242 valence electrons. The Bertz CT molecular complexity index is 1510. The maximum absolute atomic E-state index is 14.0. The molecule has 6 rings (SSSR count). The third-order valence-electron chi connectivity index (χ3n) is 10.5. The van der Waals surface area contributed by atoms with Crippen molar-refractivity contribution in [3.05, 3.63) is 47.3 Å². The smallest absolute Gasteiger partial charge is 0.318 e. The molecule has 1 saturated heterocycles. The quantitative estimate of drug-likeness (QED) is 0.358. The summed E-state index contributed by atoms with van der Waals surface area (Å²) in [5, 5.41) is 15.6. The lowest BCUT2D eigenvalue weighted by atomic mass is 9.76. The van der Waals surface area contributed by atoms with Gasteiger partial charge in [0.2, 0.25) is 17.7 Å². The molecule has 0 bridgehead atoms. The van der Waals surface area contributed by atoms with E-state index in [-0.39, 0.29) is 41.8 Å². The van der Waals surface area contributed by atoms with Crippen molar-refractivity contribution in [3.63, 3.8) is 0 Å². The van der Waals surface area contributed by atoms with E-state index >= 15 is 0 Å². The number of rotatable bonds is 8. The van der Waals surface area contributed by atoms with E-state index in [4.69, 9.17) is 0 Å². The zero-order valence-electron chi connectivity index (χ0n) is 25.9. The first kappa shape index (κ1) is 31.0. The van der Waals surface area contributed by atoms with Crippen LogP contribution < -0.4 is 21.3 Å². The van der Waals surface area contributed by atoms with Crippen LogP contribution in [0, 0.1) is 17.3 Å². The third-order valence-corrected chi connectivity index (χ3v) is 10.5. The van der Waals surface area contributed by atoms with Gasteiger partial charge in [0.15, 0.2) is 0 Å². The number of fused-ring (bicyclic) bond motifs is 1. The second-order valence-electron chi connectivity index (χ2n) is 13.5. The normalized spacial score (nSPS) is 26.1. The van der Waals surface area contributed by atoms with Crippen molar-refractivity contribution < 1.29 is 28.0 Å². The largest absolute Gasteiger partial charge is 0.357 e. The van der Waals surface area contributed by atoms with Crippen molar-refractivity contribution in [2.45, 2.75) is 75.8 Å². The highest BCUT2D eigenvalue weighted by atomic mass is 19.3. The summed E-state index contributed by atoms with van der Waals surface area (Å²) in [6.45, 7) is 2.07. The van der Waals surface area contributed by atoms with Gasteiger partial charge < -0.3 is 26.2 Å². The fourth-order valence-electron chi connectivity index (χ4n) is 7.51. The minimum Gasteiger partial charge on any atom is -0.357 e. The van der Waals surface area contributed by atoms with Gasteiger partial charge in [-0.25, -0.2) is 13.6 Å². The number of urea groups is 1. The molecule has 11 nitrogen and oxygen atoms in total. The molecule has 2 unspecified atom stereocenters. The number of aromatic nitrogens is 2. The first-order chi connectivity index (χ1) is 21.3. The van der Waals surface area contributed by atoms with Crippen LogP contribution in [0.25, 0.3) is 0 Å². The molecule has 2 saturated carbocycles. The van der Waals surface area contributed by atoms with Crippen molar-refractivity contribution >= 4 is 29.4 Å². The molecule has 1 aliphatic heterocycles. The lowest BCUT2D eigenvalue weighted by Gasteiger charge is -2.44. The van der Waals surface area contributed by atoms with Crippen molar-refractivity contribution in [2.75, 3.05) is 25.5 Å². The number of aryl methyl sites for hydroxylation is 1. The molecule has 4 N–H and O–H groups in total. The predicted octanol–water partition coefficient (Wildman–Crippen LogP) is 3.01. The Labute approximate surface area is 260 Å². The molecule has 1 spiro atoms. The number of carbonyl (C=O) groups excluding carboxylic acids is 4. The van der Waals surface area contributed by atoms with Crippen molar-refractivity contribution in [2.24, 2.45) is 24.3 Å². The van der Waals surface area contributed by atoms with E-state index in [0.717, 1.165) is 30.9 Å². The van der Waals surface area contributed by atoms with Crippen LogP contribution in [0.5, 0.6) is 0 Å². The van der Waals surface area contributed by atoms with Gasteiger partial charge in [0.05, 0.1) is 0 Å². The summed E-state index contributed by atoms with van der Waals surface area (Å²) in [4.78, 5) is 55.2. The maximum atomic E-state index is 14.0. The first-order valence-electron chi connectivity index (χ1n) is 15.7. The summed E-state index contributed by atoms with van der Waals surface area (Å²) in [6.07, 6.45) is 5.41. The molecule has 3 fully saturated rings. The zero-order valence-corrected chi connectivity index (χ0v) is 25.9. The highest BCUT2D eigenvalue weighted by Gasteiger charge is 2.57. The fraction of sp³-hybridized carbons (Fsp3) is 0.594. The molecule has 2 atom stereocenters. The van der Waals surface area contributed by atoms with Gasteiger partial charge >= 0.3 is 6.03 Å². The molecule has 2 heterocycles. The molecule has 2 aromatic rings. The fourth-order valence-corrected chi connectivity index (χ4v) is 7.51. The number of likely N-dealkylation sites (N-methyl/N-ethyl adjacent to an activating group) is 1.